The Labute approximate surface area is 127 Å². The Kier molecular flexibility index (Phi) is 4.62. The largest absolute Gasteiger partial charge is 0.270 e. The molecule has 0 radical (unpaired) electrons. The van der Waals surface area contributed by atoms with Crippen molar-refractivity contribution < 1.29 is 0 Å². The molecular weight excluding hydrogens is 320 g/mol. The molecule has 2 heterocycles. The van der Waals surface area contributed by atoms with Gasteiger partial charge in [-0.05, 0) is 42.3 Å². The highest BCUT2D eigenvalue weighted by Gasteiger charge is 2.25. The van der Waals surface area contributed by atoms with Gasteiger partial charge in [0.2, 0.25) is 0 Å². The summed E-state index contributed by atoms with van der Waals surface area (Å²) in [5, 5.41) is 8.90. The van der Waals surface area contributed by atoms with E-state index in [1.165, 1.54) is 0 Å². The molecule has 0 aliphatic rings. The first kappa shape index (κ1) is 15.2. The normalized spacial score (nSPS) is 13.2. The summed E-state index contributed by atoms with van der Waals surface area (Å²) in [7, 11) is 1.93. The number of rotatable bonds is 5. The number of nitrogens with zero attached hydrogens (tertiary/aromatic N) is 4. The summed E-state index contributed by atoms with van der Waals surface area (Å²) in [5.41, 5.74) is 5.96. The average Bonchev–Trinajstić information content (AvgIpc) is 2.96. The monoisotopic (exact) mass is 340 g/mol. The number of nitrogens with two attached hydrogens (primary N) is 1. The van der Waals surface area contributed by atoms with Gasteiger partial charge in [-0.25, -0.2) is 5.43 Å². The number of hydrogen-bond acceptors (Lipinski definition) is 4. The van der Waals surface area contributed by atoms with Crippen LogP contribution in [0.1, 0.15) is 49.9 Å². The number of aromatic nitrogens is 4. The van der Waals surface area contributed by atoms with Crippen molar-refractivity contribution in [2.75, 3.05) is 0 Å². The van der Waals surface area contributed by atoms with E-state index in [1.807, 2.05) is 16.4 Å². The van der Waals surface area contributed by atoms with Gasteiger partial charge in [0.15, 0.2) is 0 Å². The van der Waals surface area contributed by atoms with Crippen LogP contribution >= 0.6 is 15.9 Å². The van der Waals surface area contributed by atoms with Crippen LogP contribution in [0.15, 0.2) is 16.7 Å². The first-order valence-electron chi connectivity index (χ1n) is 6.71. The molecule has 7 heteroatoms. The SMILES string of the molecule is CCc1cc(C(NN)c2c(Br)cnn2C(C)C)n(C)n1. The maximum absolute atomic E-state index is 5.80. The van der Waals surface area contributed by atoms with E-state index in [9.17, 15) is 0 Å². The number of halogens is 1. The summed E-state index contributed by atoms with van der Waals surface area (Å²) >= 11 is 3.56. The molecule has 0 aliphatic heterocycles. The lowest BCUT2D eigenvalue weighted by Crippen LogP contribution is -2.32. The minimum absolute atomic E-state index is 0.160. The maximum atomic E-state index is 5.80. The Morgan fingerprint density at radius 3 is 2.65 bits per heavy atom. The summed E-state index contributed by atoms with van der Waals surface area (Å²) < 4.78 is 4.77. The molecular formula is C13H21BrN6. The molecule has 0 amide bonds. The Morgan fingerprint density at radius 1 is 1.45 bits per heavy atom. The van der Waals surface area contributed by atoms with E-state index in [0.29, 0.717) is 0 Å². The third-order valence-electron chi connectivity index (χ3n) is 3.34. The van der Waals surface area contributed by atoms with Crippen LogP contribution in [0.4, 0.5) is 0 Å². The number of hydrazine groups is 1. The number of nitrogens with one attached hydrogen (secondary N) is 1. The van der Waals surface area contributed by atoms with E-state index < -0.39 is 0 Å². The predicted octanol–water partition coefficient (Wildman–Crippen LogP) is 2.08. The lowest BCUT2D eigenvalue weighted by Gasteiger charge is -2.20. The van der Waals surface area contributed by atoms with Crippen molar-refractivity contribution in [2.45, 2.75) is 39.3 Å². The Bertz CT molecular complexity index is 586. The molecule has 3 N–H and O–H groups in total. The minimum atomic E-state index is -0.160. The van der Waals surface area contributed by atoms with Crippen molar-refractivity contribution >= 4 is 15.9 Å². The van der Waals surface area contributed by atoms with Crippen molar-refractivity contribution in [2.24, 2.45) is 12.9 Å². The molecule has 0 aromatic carbocycles. The van der Waals surface area contributed by atoms with Crippen LogP contribution in [-0.4, -0.2) is 19.6 Å². The second-order valence-electron chi connectivity index (χ2n) is 5.05. The first-order chi connectivity index (χ1) is 9.49. The molecule has 2 aromatic heterocycles. The summed E-state index contributed by atoms with van der Waals surface area (Å²) in [4.78, 5) is 0. The predicted molar refractivity (Wildman–Crippen MR) is 82.1 cm³/mol. The standard InChI is InChI=1S/C13H21BrN6/c1-5-9-6-11(19(4)18-9)12(17-15)13-10(14)7-16-20(13)8(2)3/h6-8,12,17H,5,15H2,1-4H3. The molecule has 1 atom stereocenters. The van der Waals surface area contributed by atoms with Crippen LogP contribution < -0.4 is 11.3 Å². The van der Waals surface area contributed by atoms with Crippen LogP contribution in [0.3, 0.4) is 0 Å². The van der Waals surface area contributed by atoms with Crippen molar-refractivity contribution in [1.82, 2.24) is 25.0 Å². The summed E-state index contributed by atoms with van der Waals surface area (Å²) in [6, 6.07) is 2.17. The molecule has 2 aromatic rings. The number of aryl methyl sites for hydroxylation is 2. The zero-order valence-electron chi connectivity index (χ0n) is 12.3. The molecule has 110 valence electrons. The summed E-state index contributed by atoms with van der Waals surface area (Å²) in [5.74, 6) is 5.80. The van der Waals surface area contributed by atoms with Gasteiger partial charge in [0, 0.05) is 13.1 Å². The molecule has 6 nitrogen and oxygen atoms in total. The van der Waals surface area contributed by atoms with Gasteiger partial charge in [0.25, 0.3) is 0 Å². The molecule has 20 heavy (non-hydrogen) atoms. The minimum Gasteiger partial charge on any atom is -0.270 e. The quantitative estimate of drug-likeness (QED) is 0.645. The van der Waals surface area contributed by atoms with Gasteiger partial charge in [-0.3, -0.25) is 15.2 Å². The van der Waals surface area contributed by atoms with Gasteiger partial charge in [-0.1, -0.05) is 6.92 Å². The maximum Gasteiger partial charge on any atom is 0.106 e. The van der Waals surface area contributed by atoms with Crippen LogP contribution in [0.25, 0.3) is 0 Å². The highest BCUT2D eigenvalue weighted by molar-refractivity contribution is 9.10. The van der Waals surface area contributed by atoms with Crippen LogP contribution in [0.2, 0.25) is 0 Å². The third kappa shape index (κ3) is 2.65. The molecule has 0 aliphatic carbocycles. The average molecular weight is 341 g/mol. The molecule has 0 spiro atoms. The van der Waals surface area contributed by atoms with E-state index in [4.69, 9.17) is 5.84 Å². The van der Waals surface area contributed by atoms with Crippen molar-refractivity contribution in [3.05, 3.63) is 33.8 Å². The van der Waals surface area contributed by atoms with Crippen molar-refractivity contribution in [1.29, 1.82) is 0 Å². The number of hydrogen-bond donors (Lipinski definition) is 2. The van der Waals surface area contributed by atoms with Crippen LogP contribution in [0, 0.1) is 0 Å². The first-order valence-corrected chi connectivity index (χ1v) is 7.50. The lowest BCUT2D eigenvalue weighted by molar-refractivity contribution is 0.463. The second kappa shape index (κ2) is 6.07. The van der Waals surface area contributed by atoms with E-state index in [0.717, 1.165) is 28.0 Å². The van der Waals surface area contributed by atoms with E-state index in [2.05, 4.69) is 58.4 Å². The highest BCUT2D eigenvalue weighted by atomic mass is 79.9. The van der Waals surface area contributed by atoms with Crippen molar-refractivity contribution in [3.8, 4) is 0 Å². The highest BCUT2D eigenvalue weighted by Crippen LogP contribution is 2.30. The fraction of sp³-hybridized carbons (Fsp3) is 0.538. The zero-order valence-corrected chi connectivity index (χ0v) is 13.8. The molecule has 0 bridgehead atoms. The zero-order chi connectivity index (χ0) is 14.9. The fourth-order valence-corrected chi connectivity index (χ4v) is 2.83. The smallest absolute Gasteiger partial charge is 0.106 e. The van der Waals surface area contributed by atoms with Crippen LogP contribution in [0.5, 0.6) is 0 Å². The van der Waals surface area contributed by atoms with E-state index >= 15 is 0 Å². The van der Waals surface area contributed by atoms with Gasteiger partial charge in [0.05, 0.1) is 27.8 Å². The van der Waals surface area contributed by atoms with Gasteiger partial charge in [-0.15, -0.1) is 0 Å². The molecule has 1 unspecified atom stereocenters. The second-order valence-corrected chi connectivity index (χ2v) is 5.91. The van der Waals surface area contributed by atoms with Crippen LogP contribution in [-0.2, 0) is 13.5 Å². The molecule has 0 fully saturated rings. The topological polar surface area (TPSA) is 73.7 Å². The lowest BCUT2D eigenvalue weighted by atomic mass is 10.1. The summed E-state index contributed by atoms with van der Waals surface area (Å²) in [6.07, 6.45) is 2.70. The fourth-order valence-electron chi connectivity index (χ4n) is 2.32. The van der Waals surface area contributed by atoms with E-state index in [-0.39, 0.29) is 12.1 Å². The third-order valence-corrected chi connectivity index (χ3v) is 3.95. The Morgan fingerprint density at radius 2 is 2.15 bits per heavy atom. The van der Waals surface area contributed by atoms with Gasteiger partial charge in [-0.2, -0.15) is 10.2 Å². The summed E-state index contributed by atoms with van der Waals surface area (Å²) in [6.45, 7) is 6.28. The Hall–Kier alpha value is -1.18. The Balaban J connectivity index is 2.52. The van der Waals surface area contributed by atoms with Crippen molar-refractivity contribution in [3.63, 3.8) is 0 Å². The van der Waals surface area contributed by atoms with Gasteiger partial charge in [0.1, 0.15) is 6.04 Å². The van der Waals surface area contributed by atoms with E-state index in [1.54, 1.807) is 6.20 Å². The molecule has 0 saturated carbocycles. The van der Waals surface area contributed by atoms with Gasteiger partial charge >= 0.3 is 0 Å². The van der Waals surface area contributed by atoms with Gasteiger partial charge < -0.3 is 0 Å². The molecule has 0 saturated heterocycles. The molecule has 2 rings (SSSR count).